The average molecular weight is 510 g/mol. The summed E-state index contributed by atoms with van der Waals surface area (Å²) in [5, 5.41) is 13.1. The standard InChI is InChI=1S/C22H28FN5O6S/c1-26(2)35(32,33)27-9-7-22(8-10-27)14-34-12-11-28-20(31)18(29)17(25-21(22)28)19(30)24-13-15-3-5-16(23)6-4-15/h3-6,29H,7-14H2,1-2H3,(H,24,30). The third kappa shape index (κ3) is 4.81. The first kappa shape index (κ1) is 25.2. The molecule has 0 unspecified atom stereocenters. The Bertz CT molecular complexity index is 1270. The van der Waals surface area contributed by atoms with E-state index in [0.29, 0.717) is 24.2 Å². The van der Waals surface area contributed by atoms with Crippen molar-refractivity contribution >= 4 is 16.1 Å². The van der Waals surface area contributed by atoms with Crippen molar-refractivity contribution in [2.45, 2.75) is 31.3 Å². The van der Waals surface area contributed by atoms with Gasteiger partial charge in [-0.15, -0.1) is 0 Å². The Morgan fingerprint density at radius 1 is 1.23 bits per heavy atom. The largest absolute Gasteiger partial charge is 0.501 e. The minimum Gasteiger partial charge on any atom is -0.501 e. The van der Waals surface area contributed by atoms with Crippen LogP contribution in [0.2, 0.25) is 0 Å². The molecule has 0 atom stereocenters. The average Bonchev–Trinajstić information content (AvgIpc) is 3.00. The molecule has 2 aromatic rings. The summed E-state index contributed by atoms with van der Waals surface area (Å²) in [5.41, 5.74) is -1.33. The van der Waals surface area contributed by atoms with E-state index < -0.39 is 44.4 Å². The summed E-state index contributed by atoms with van der Waals surface area (Å²) in [6.45, 7) is 0.986. The Labute approximate surface area is 202 Å². The van der Waals surface area contributed by atoms with Crippen LogP contribution in [0.5, 0.6) is 5.75 Å². The Morgan fingerprint density at radius 2 is 1.89 bits per heavy atom. The minimum atomic E-state index is -3.61. The van der Waals surface area contributed by atoms with Gasteiger partial charge in [0.25, 0.3) is 21.7 Å². The molecular weight excluding hydrogens is 481 g/mol. The zero-order valence-electron chi connectivity index (χ0n) is 19.5. The minimum absolute atomic E-state index is 0.0459. The van der Waals surface area contributed by atoms with Crippen LogP contribution in [-0.4, -0.2) is 78.0 Å². The molecule has 4 rings (SSSR count). The van der Waals surface area contributed by atoms with Gasteiger partial charge >= 0.3 is 0 Å². The van der Waals surface area contributed by atoms with Gasteiger partial charge in [0, 0.05) is 33.7 Å². The normalized spacial score (nSPS) is 18.3. The monoisotopic (exact) mass is 509 g/mol. The number of nitrogens with zero attached hydrogens (tertiary/aromatic N) is 4. The number of hydrogen-bond acceptors (Lipinski definition) is 7. The molecule has 1 amide bonds. The number of rotatable bonds is 5. The highest BCUT2D eigenvalue weighted by molar-refractivity contribution is 7.86. The first-order valence-corrected chi connectivity index (χ1v) is 12.6. The van der Waals surface area contributed by atoms with Crippen molar-refractivity contribution < 1.29 is 27.4 Å². The molecule has 35 heavy (non-hydrogen) atoms. The van der Waals surface area contributed by atoms with Crippen LogP contribution in [0.3, 0.4) is 0 Å². The smallest absolute Gasteiger partial charge is 0.296 e. The van der Waals surface area contributed by atoms with Gasteiger partial charge in [0.05, 0.1) is 25.2 Å². The van der Waals surface area contributed by atoms with Crippen molar-refractivity contribution in [2.24, 2.45) is 0 Å². The third-order valence-corrected chi connectivity index (χ3v) is 8.45. The van der Waals surface area contributed by atoms with Crippen LogP contribution in [0, 0.1) is 5.82 Å². The van der Waals surface area contributed by atoms with Gasteiger partial charge in [0.2, 0.25) is 5.75 Å². The number of aromatic hydroxyl groups is 1. The molecule has 1 saturated heterocycles. The van der Waals surface area contributed by atoms with Crippen molar-refractivity contribution in [2.75, 3.05) is 40.4 Å². The van der Waals surface area contributed by atoms with Crippen LogP contribution in [-0.2, 0) is 33.5 Å². The number of benzene rings is 1. The number of carbonyl (C=O) groups is 1. The molecular formula is C22H28FN5O6S. The maximum absolute atomic E-state index is 13.1. The summed E-state index contributed by atoms with van der Waals surface area (Å²) in [5.74, 6) is -1.63. The molecule has 190 valence electrons. The second-order valence-electron chi connectivity index (χ2n) is 8.92. The number of aromatic nitrogens is 2. The maximum atomic E-state index is 13.1. The fourth-order valence-corrected chi connectivity index (χ4v) is 5.52. The molecule has 1 aromatic heterocycles. The van der Waals surface area contributed by atoms with E-state index >= 15 is 0 Å². The van der Waals surface area contributed by atoms with E-state index in [1.54, 1.807) is 0 Å². The Morgan fingerprint density at radius 3 is 2.51 bits per heavy atom. The van der Waals surface area contributed by atoms with Crippen molar-refractivity contribution in [3.8, 4) is 5.75 Å². The number of piperidine rings is 1. The summed E-state index contributed by atoms with van der Waals surface area (Å²) >= 11 is 0. The highest BCUT2D eigenvalue weighted by atomic mass is 32.2. The lowest BCUT2D eigenvalue weighted by Crippen LogP contribution is -2.51. The number of nitrogens with one attached hydrogen (secondary N) is 1. The van der Waals surface area contributed by atoms with E-state index in [2.05, 4.69) is 10.3 Å². The molecule has 2 aliphatic rings. The van der Waals surface area contributed by atoms with Crippen molar-refractivity contribution in [3.63, 3.8) is 0 Å². The quantitative estimate of drug-likeness (QED) is 0.588. The molecule has 0 aliphatic carbocycles. The van der Waals surface area contributed by atoms with Crippen molar-refractivity contribution in [1.29, 1.82) is 0 Å². The molecule has 1 spiro atoms. The molecule has 2 N–H and O–H groups in total. The molecule has 11 nitrogen and oxygen atoms in total. The number of carbonyl (C=O) groups excluding carboxylic acids is 1. The summed E-state index contributed by atoms with van der Waals surface area (Å²) in [4.78, 5) is 30.3. The molecule has 13 heteroatoms. The topological polar surface area (TPSA) is 134 Å². The lowest BCUT2D eigenvalue weighted by molar-refractivity contribution is 0.0649. The first-order valence-electron chi connectivity index (χ1n) is 11.2. The highest BCUT2D eigenvalue weighted by Crippen LogP contribution is 2.37. The fourth-order valence-electron chi connectivity index (χ4n) is 4.42. The zero-order chi connectivity index (χ0) is 25.4. The third-order valence-electron chi connectivity index (χ3n) is 6.51. The molecule has 1 fully saturated rings. The Kier molecular flexibility index (Phi) is 6.95. The SMILES string of the molecule is CN(C)S(=O)(=O)N1CCC2(CC1)COCCn1c2nc(C(=O)NCc2ccc(F)cc2)c(O)c1=O. The summed E-state index contributed by atoms with van der Waals surface area (Å²) in [7, 11) is -0.680. The number of halogens is 1. The predicted molar refractivity (Wildman–Crippen MR) is 124 cm³/mol. The summed E-state index contributed by atoms with van der Waals surface area (Å²) in [6, 6.07) is 5.55. The van der Waals surface area contributed by atoms with Crippen LogP contribution < -0.4 is 10.9 Å². The molecule has 3 heterocycles. The predicted octanol–water partition coefficient (Wildman–Crippen LogP) is 0.188. The number of fused-ring (bicyclic) bond motifs is 2. The highest BCUT2D eigenvalue weighted by Gasteiger charge is 2.45. The van der Waals surface area contributed by atoms with Gasteiger partial charge in [0.1, 0.15) is 11.6 Å². The number of amides is 1. The van der Waals surface area contributed by atoms with Crippen LogP contribution in [0.15, 0.2) is 29.1 Å². The van der Waals surface area contributed by atoms with E-state index in [1.807, 2.05) is 0 Å². The first-order chi connectivity index (χ1) is 16.5. The molecule has 0 bridgehead atoms. The Balaban J connectivity index is 1.64. The van der Waals surface area contributed by atoms with Gasteiger partial charge in [-0.05, 0) is 30.5 Å². The fraction of sp³-hybridized carbons (Fsp3) is 0.500. The summed E-state index contributed by atoms with van der Waals surface area (Å²) < 4.78 is 47.8. The maximum Gasteiger partial charge on any atom is 0.296 e. The molecule has 0 radical (unpaired) electrons. The van der Waals surface area contributed by atoms with Crippen LogP contribution in [0.4, 0.5) is 4.39 Å². The number of hydrogen-bond donors (Lipinski definition) is 2. The van der Waals surface area contributed by atoms with Gasteiger partial charge < -0.3 is 15.2 Å². The van der Waals surface area contributed by atoms with Crippen LogP contribution in [0.1, 0.15) is 34.7 Å². The van der Waals surface area contributed by atoms with Crippen molar-refractivity contribution in [3.05, 3.63) is 57.5 Å². The molecule has 1 aromatic carbocycles. The van der Waals surface area contributed by atoms with E-state index in [9.17, 15) is 27.5 Å². The van der Waals surface area contributed by atoms with Gasteiger partial charge in [-0.2, -0.15) is 17.0 Å². The number of ether oxygens (including phenoxy) is 1. The van der Waals surface area contributed by atoms with E-state index in [4.69, 9.17) is 4.74 Å². The molecule has 0 saturated carbocycles. The lowest BCUT2D eigenvalue weighted by Gasteiger charge is -2.40. The van der Waals surface area contributed by atoms with E-state index in [-0.39, 0.29) is 39.4 Å². The lowest BCUT2D eigenvalue weighted by atomic mass is 9.78. The summed E-state index contributed by atoms with van der Waals surface area (Å²) in [6.07, 6.45) is 0.655. The van der Waals surface area contributed by atoms with E-state index in [0.717, 1.165) is 4.31 Å². The van der Waals surface area contributed by atoms with Gasteiger partial charge in [-0.25, -0.2) is 9.37 Å². The van der Waals surface area contributed by atoms with Crippen LogP contribution in [0.25, 0.3) is 0 Å². The second kappa shape index (κ2) is 9.64. The van der Waals surface area contributed by atoms with Crippen molar-refractivity contribution in [1.82, 2.24) is 23.5 Å². The second-order valence-corrected chi connectivity index (χ2v) is 11.1. The zero-order valence-corrected chi connectivity index (χ0v) is 20.3. The van der Waals surface area contributed by atoms with Gasteiger partial charge in [-0.1, -0.05) is 12.1 Å². The Hall–Kier alpha value is -2.87. The van der Waals surface area contributed by atoms with Gasteiger partial charge in [0.15, 0.2) is 5.69 Å². The van der Waals surface area contributed by atoms with Crippen LogP contribution >= 0.6 is 0 Å². The molecule has 2 aliphatic heterocycles. The van der Waals surface area contributed by atoms with Gasteiger partial charge in [-0.3, -0.25) is 14.2 Å². The van der Waals surface area contributed by atoms with E-state index in [1.165, 1.54) is 47.2 Å².